The van der Waals surface area contributed by atoms with Gasteiger partial charge in [-0.1, -0.05) is 19.1 Å². The summed E-state index contributed by atoms with van der Waals surface area (Å²) in [6.45, 7) is 4.21. The molecule has 19 heavy (non-hydrogen) atoms. The van der Waals surface area contributed by atoms with Crippen LogP contribution in [0.5, 0.6) is 0 Å². The zero-order chi connectivity index (χ0) is 13.8. The predicted molar refractivity (Wildman–Crippen MR) is 76.8 cm³/mol. The van der Waals surface area contributed by atoms with Crippen molar-refractivity contribution in [2.45, 2.75) is 19.4 Å². The van der Waals surface area contributed by atoms with Gasteiger partial charge < -0.3 is 15.6 Å². The summed E-state index contributed by atoms with van der Waals surface area (Å²) in [6, 6.07) is 7.50. The lowest BCUT2D eigenvalue weighted by Crippen LogP contribution is -2.49. The molecule has 1 aliphatic heterocycles. The highest BCUT2D eigenvalue weighted by molar-refractivity contribution is 5.99. The Labute approximate surface area is 114 Å². The fraction of sp³-hybridized carbons (Fsp3) is 0.500. The molecule has 2 rings (SSSR count). The molecule has 0 aromatic heterocycles. The van der Waals surface area contributed by atoms with Gasteiger partial charge in [0.05, 0.1) is 11.3 Å². The van der Waals surface area contributed by atoms with E-state index in [0.717, 1.165) is 19.5 Å². The van der Waals surface area contributed by atoms with Crippen LogP contribution in [0.3, 0.4) is 0 Å². The molecule has 1 heterocycles. The average molecular weight is 262 g/mol. The topological polar surface area (TPSA) is 70.4 Å². The van der Waals surface area contributed by atoms with Crippen LogP contribution in [0, 0.1) is 5.92 Å². The van der Waals surface area contributed by atoms with E-state index in [1.165, 1.54) is 0 Å². The number of rotatable bonds is 3. The number of amides is 1. The minimum Gasteiger partial charge on any atom is -0.349 e. The summed E-state index contributed by atoms with van der Waals surface area (Å²) in [5, 5.41) is 3.12. The molecule has 1 aromatic rings. The number of carbonyl (C=O) groups is 1. The number of hydrogen-bond donors (Lipinski definition) is 3. The Morgan fingerprint density at radius 2 is 2.16 bits per heavy atom. The molecular formula is C14H22N4O. The number of piperidine rings is 1. The lowest BCUT2D eigenvalue weighted by molar-refractivity contribution is 0.0884. The Bertz CT molecular complexity index is 449. The highest BCUT2D eigenvalue weighted by atomic mass is 16.1. The van der Waals surface area contributed by atoms with Crippen LogP contribution in [-0.2, 0) is 0 Å². The van der Waals surface area contributed by atoms with E-state index in [4.69, 9.17) is 5.84 Å². The molecule has 1 fully saturated rings. The molecule has 0 radical (unpaired) electrons. The maximum Gasteiger partial charge on any atom is 0.253 e. The Kier molecular flexibility index (Phi) is 4.39. The van der Waals surface area contributed by atoms with Crippen LogP contribution >= 0.6 is 0 Å². The number of nitrogens with one attached hydrogen (secondary N) is 2. The molecule has 2 unspecified atom stereocenters. The zero-order valence-corrected chi connectivity index (χ0v) is 11.5. The summed E-state index contributed by atoms with van der Waals surface area (Å²) in [5.41, 5.74) is 3.81. The lowest BCUT2D eigenvalue weighted by atomic mass is 9.94. The number of para-hydroxylation sites is 1. The molecule has 4 N–H and O–H groups in total. The number of nitrogens with two attached hydrogens (primary N) is 1. The summed E-state index contributed by atoms with van der Waals surface area (Å²) in [7, 11) is 2.11. The van der Waals surface area contributed by atoms with E-state index in [0.29, 0.717) is 17.2 Å². The number of likely N-dealkylation sites (tertiary alicyclic amines) is 1. The predicted octanol–water partition coefficient (Wildman–Crippen LogP) is 1.04. The first-order valence-electron chi connectivity index (χ1n) is 6.67. The van der Waals surface area contributed by atoms with Gasteiger partial charge in [0.1, 0.15) is 0 Å². The molecule has 0 aliphatic carbocycles. The van der Waals surface area contributed by atoms with Crippen molar-refractivity contribution in [2.75, 3.05) is 25.6 Å². The van der Waals surface area contributed by atoms with E-state index in [1.54, 1.807) is 12.1 Å². The largest absolute Gasteiger partial charge is 0.349 e. The van der Waals surface area contributed by atoms with Crippen molar-refractivity contribution in [1.29, 1.82) is 0 Å². The van der Waals surface area contributed by atoms with Crippen molar-refractivity contribution in [3.63, 3.8) is 0 Å². The normalized spacial score (nSPS) is 23.9. The smallest absolute Gasteiger partial charge is 0.253 e. The number of anilines is 1. The van der Waals surface area contributed by atoms with Gasteiger partial charge in [-0.3, -0.25) is 10.6 Å². The second-order valence-electron chi connectivity index (χ2n) is 5.30. The number of benzene rings is 1. The first-order chi connectivity index (χ1) is 9.11. The summed E-state index contributed by atoms with van der Waals surface area (Å²) >= 11 is 0. The zero-order valence-electron chi connectivity index (χ0n) is 11.5. The van der Waals surface area contributed by atoms with Crippen molar-refractivity contribution in [2.24, 2.45) is 11.8 Å². The van der Waals surface area contributed by atoms with Crippen LogP contribution in [0.1, 0.15) is 23.7 Å². The minimum absolute atomic E-state index is 0.0602. The van der Waals surface area contributed by atoms with Gasteiger partial charge in [0.15, 0.2) is 0 Å². The van der Waals surface area contributed by atoms with E-state index in [9.17, 15) is 4.79 Å². The average Bonchev–Trinajstić information content (AvgIpc) is 2.41. The Balaban J connectivity index is 2.04. The van der Waals surface area contributed by atoms with Crippen molar-refractivity contribution in [3.8, 4) is 0 Å². The highest BCUT2D eigenvalue weighted by Crippen LogP contribution is 2.18. The van der Waals surface area contributed by atoms with Crippen molar-refractivity contribution < 1.29 is 4.79 Å². The monoisotopic (exact) mass is 262 g/mol. The van der Waals surface area contributed by atoms with Crippen LogP contribution in [0.2, 0.25) is 0 Å². The van der Waals surface area contributed by atoms with Gasteiger partial charge in [-0.05, 0) is 38.1 Å². The molecule has 0 bridgehead atoms. The summed E-state index contributed by atoms with van der Waals surface area (Å²) in [5.74, 6) is 5.83. The second-order valence-corrected chi connectivity index (χ2v) is 5.30. The fourth-order valence-electron chi connectivity index (χ4n) is 2.62. The molecule has 104 valence electrons. The van der Waals surface area contributed by atoms with E-state index < -0.39 is 0 Å². The van der Waals surface area contributed by atoms with Gasteiger partial charge in [-0.25, -0.2) is 0 Å². The van der Waals surface area contributed by atoms with Crippen LogP contribution in [0.4, 0.5) is 5.69 Å². The standard InChI is InChI=1S/C14H22N4O/c1-10-9-18(2)8-7-12(10)16-14(19)11-5-3-4-6-13(11)17-15/h3-6,10,12,17H,7-9,15H2,1-2H3,(H,16,19). The number of carbonyl (C=O) groups excluding carboxylic acids is 1. The number of hydrazine groups is 1. The number of hydrogen-bond acceptors (Lipinski definition) is 4. The summed E-state index contributed by atoms with van der Waals surface area (Å²) < 4.78 is 0. The number of nitrogen functional groups attached to an aromatic ring is 1. The molecule has 1 amide bonds. The van der Waals surface area contributed by atoms with Crippen LogP contribution in [0.15, 0.2) is 24.3 Å². The molecule has 1 aromatic carbocycles. The Morgan fingerprint density at radius 3 is 2.84 bits per heavy atom. The van der Waals surface area contributed by atoms with Gasteiger partial charge in [-0.15, -0.1) is 0 Å². The highest BCUT2D eigenvalue weighted by Gasteiger charge is 2.26. The van der Waals surface area contributed by atoms with Gasteiger partial charge in [-0.2, -0.15) is 0 Å². The van der Waals surface area contributed by atoms with Crippen molar-refractivity contribution in [3.05, 3.63) is 29.8 Å². The van der Waals surface area contributed by atoms with Gasteiger partial charge in [0, 0.05) is 12.6 Å². The van der Waals surface area contributed by atoms with Crippen molar-refractivity contribution in [1.82, 2.24) is 10.2 Å². The number of nitrogens with zero attached hydrogens (tertiary/aromatic N) is 1. The summed E-state index contributed by atoms with van der Waals surface area (Å²) in [6.07, 6.45) is 0.988. The Morgan fingerprint density at radius 1 is 1.42 bits per heavy atom. The van der Waals surface area contributed by atoms with Crippen LogP contribution in [-0.4, -0.2) is 37.0 Å². The third-order valence-electron chi connectivity index (χ3n) is 3.75. The first kappa shape index (κ1) is 13.8. The van der Waals surface area contributed by atoms with E-state index in [1.807, 2.05) is 12.1 Å². The van der Waals surface area contributed by atoms with E-state index in [-0.39, 0.29) is 11.9 Å². The molecule has 2 atom stereocenters. The molecular weight excluding hydrogens is 240 g/mol. The molecule has 1 aliphatic rings. The van der Waals surface area contributed by atoms with Crippen molar-refractivity contribution >= 4 is 11.6 Å². The first-order valence-corrected chi connectivity index (χ1v) is 6.67. The van der Waals surface area contributed by atoms with Crippen LogP contribution in [0.25, 0.3) is 0 Å². The van der Waals surface area contributed by atoms with Crippen LogP contribution < -0.4 is 16.6 Å². The molecule has 5 nitrogen and oxygen atoms in total. The molecule has 0 spiro atoms. The molecule has 0 saturated carbocycles. The SMILES string of the molecule is CC1CN(C)CCC1NC(=O)c1ccccc1NN. The third kappa shape index (κ3) is 3.24. The van der Waals surface area contributed by atoms with Gasteiger partial charge in [0.25, 0.3) is 5.91 Å². The van der Waals surface area contributed by atoms with E-state index >= 15 is 0 Å². The Hall–Kier alpha value is -1.59. The lowest BCUT2D eigenvalue weighted by Gasteiger charge is -2.35. The summed E-state index contributed by atoms with van der Waals surface area (Å²) in [4.78, 5) is 14.6. The third-order valence-corrected chi connectivity index (χ3v) is 3.75. The quantitative estimate of drug-likeness (QED) is 0.562. The van der Waals surface area contributed by atoms with E-state index in [2.05, 4.69) is 29.6 Å². The second kappa shape index (κ2) is 6.04. The fourth-order valence-corrected chi connectivity index (χ4v) is 2.62. The minimum atomic E-state index is -0.0602. The van der Waals surface area contributed by atoms with Gasteiger partial charge >= 0.3 is 0 Å². The van der Waals surface area contributed by atoms with Gasteiger partial charge in [0.2, 0.25) is 0 Å². The maximum absolute atomic E-state index is 12.3. The molecule has 1 saturated heterocycles. The molecule has 5 heteroatoms. The maximum atomic E-state index is 12.3.